The van der Waals surface area contributed by atoms with Crippen LogP contribution in [-0.2, 0) is 0 Å². The van der Waals surface area contributed by atoms with Crippen molar-refractivity contribution in [1.82, 2.24) is 24.7 Å². The monoisotopic (exact) mass is 359 g/mol. The van der Waals surface area contributed by atoms with Gasteiger partial charge in [0.15, 0.2) is 0 Å². The van der Waals surface area contributed by atoms with E-state index in [2.05, 4.69) is 15.3 Å². The number of non-ortho nitro benzene ring substituents is 1. The standard InChI is InChI=1S/C15H17N7O2S/c1-9-7-10(2)21(19-9)14-17-18-15(20(14)16)25-11(3)12-5-4-6-13(8-12)22(23)24/h4-8,11H,16H2,1-3H3. The molecule has 0 amide bonds. The van der Waals surface area contributed by atoms with Gasteiger partial charge in [-0.3, -0.25) is 10.1 Å². The summed E-state index contributed by atoms with van der Waals surface area (Å²) in [6.45, 7) is 5.73. The number of nitro benzene ring substituents is 1. The Morgan fingerprint density at radius 1 is 1.28 bits per heavy atom. The number of rotatable bonds is 5. The third kappa shape index (κ3) is 3.33. The van der Waals surface area contributed by atoms with Crippen molar-refractivity contribution >= 4 is 17.4 Å². The average molecular weight is 359 g/mol. The lowest BCUT2D eigenvalue weighted by molar-refractivity contribution is -0.384. The van der Waals surface area contributed by atoms with Crippen LogP contribution in [0.5, 0.6) is 0 Å². The fourth-order valence-electron chi connectivity index (χ4n) is 2.44. The van der Waals surface area contributed by atoms with E-state index in [9.17, 15) is 10.1 Å². The molecule has 1 aromatic carbocycles. The van der Waals surface area contributed by atoms with E-state index in [1.165, 1.54) is 22.5 Å². The molecule has 0 saturated carbocycles. The Morgan fingerprint density at radius 3 is 2.68 bits per heavy atom. The van der Waals surface area contributed by atoms with Crippen LogP contribution in [0.3, 0.4) is 0 Å². The van der Waals surface area contributed by atoms with Crippen LogP contribution >= 0.6 is 11.8 Å². The average Bonchev–Trinajstić information content (AvgIpc) is 3.09. The van der Waals surface area contributed by atoms with Crippen LogP contribution in [0.25, 0.3) is 5.95 Å². The van der Waals surface area contributed by atoms with Gasteiger partial charge >= 0.3 is 0 Å². The van der Waals surface area contributed by atoms with Gasteiger partial charge in [-0.25, -0.2) is 9.36 Å². The van der Waals surface area contributed by atoms with E-state index in [-0.39, 0.29) is 10.9 Å². The second-order valence-electron chi connectivity index (χ2n) is 5.60. The van der Waals surface area contributed by atoms with Gasteiger partial charge in [-0.2, -0.15) is 5.10 Å². The summed E-state index contributed by atoms with van der Waals surface area (Å²) in [6.07, 6.45) is 0. The summed E-state index contributed by atoms with van der Waals surface area (Å²) in [5.74, 6) is 6.54. The molecule has 0 aliphatic rings. The van der Waals surface area contributed by atoms with E-state index in [1.54, 1.807) is 16.8 Å². The van der Waals surface area contributed by atoms with Gasteiger partial charge in [0.05, 0.1) is 10.6 Å². The van der Waals surface area contributed by atoms with E-state index < -0.39 is 4.92 Å². The van der Waals surface area contributed by atoms with Crippen LogP contribution in [0, 0.1) is 24.0 Å². The largest absolute Gasteiger partial charge is 0.334 e. The summed E-state index contributed by atoms with van der Waals surface area (Å²) in [4.78, 5) is 10.5. The van der Waals surface area contributed by atoms with Crippen molar-refractivity contribution in [1.29, 1.82) is 0 Å². The Kier molecular flexibility index (Phi) is 4.45. The van der Waals surface area contributed by atoms with Crippen LogP contribution < -0.4 is 5.84 Å². The van der Waals surface area contributed by atoms with Gasteiger partial charge in [0.25, 0.3) is 11.6 Å². The van der Waals surface area contributed by atoms with Gasteiger partial charge in [-0.1, -0.05) is 23.9 Å². The smallest absolute Gasteiger partial charge is 0.271 e. The summed E-state index contributed by atoms with van der Waals surface area (Å²) in [5.41, 5.74) is 2.64. The molecule has 0 spiro atoms. The summed E-state index contributed by atoms with van der Waals surface area (Å²) >= 11 is 1.37. The lowest BCUT2D eigenvalue weighted by Gasteiger charge is -2.11. The zero-order valence-electron chi connectivity index (χ0n) is 13.9. The first kappa shape index (κ1) is 17.0. The molecule has 2 aromatic heterocycles. The number of nitrogen functional groups attached to an aromatic ring is 1. The molecular formula is C15H17N7O2S. The number of aromatic nitrogens is 5. The van der Waals surface area contributed by atoms with Crippen molar-refractivity contribution in [3.8, 4) is 5.95 Å². The van der Waals surface area contributed by atoms with Gasteiger partial charge in [-0.15, -0.1) is 10.2 Å². The molecule has 1 atom stereocenters. The third-order valence-electron chi connectivity index (χ3n) is 3.68. The SMILES string of the molecule is Cc1cc(C)n(-c2nnc(SC(C)c3cccc([N+](=O)[O-])c3)n2N)n1. The number of nitro groups is 1. The molecule has 2 N–H and O–H groups in total. The normalized spacial score (nSPS) is 12.3. The van der Waals surface area contributed by atoms with Crippen molar-refractivity contribution in [3.05, 3.63) is 57.4 Å². The van der Waals surface area contributed by atoms with E-state index >= 15 is 0 Å². The van der Waals surface area contributed by atoms with Crippen LogP contribution in [0.2, 0.25) is 0 Å². The van der Waals surface area contributed by atoms with Crippen molar-refractivity contribution in [2.75, 3.05) is 5.84 Å². The molecule has 1 unspecified atom stereocenters. The van der Waals surface area contributed by atoms with Crippen LogP contribution in [0.15, 0.2) is 35.5 Å². The predicted molar refractivity (Wildman–Crippen MR) is 94.1 cm³/mol. The maximum atomic E-state index is 10.9. The molecule has 0 radical (unpaired) electrons. The quantitative estimate of drug-likeness (QED) is 0.322. The molecule has 25 heavy (non-hydrogen) atoms. The Labute approximate surface area is 148 Å². The lowest BCUT2D eigenvalue weighted by atomic mass is 10.1. The van der Waals surface area contributed by atoms with Gasteiger partial charge in [-0.05, 0) is 32.4 Å². The van der Waals surface area contributed by atoms with Crippen molar-refractivity contribution in [2.45, 2.75) is 31.2 Å². The number of benzene rings is 1. The summed E-state index contributed by atoms with van der Waals surface area (Å²) < 4.78 is 3.00. The Bertz CT molecular complexity index is 934. The second kappa shape index (κ2) is 6.55. The number of nitrogens with zero attached hydrogens (tertiary/aromatic N) is 6. The van der Waals surface area contributed by atoms with E-state index in [4.69, 9.17) is 5.84 Å². The molecule has 3 rings (SSSR count). The molecule has 0 aliphatic heterocycles. The molecule has 0 fully saturated rings. The topological polar surface area (TPSA) is 118 Å². The first-order valence-electron chi connectivity index (χ1n) is 7.52. The highest BCUT2D eigenvalue weighted by atomic mass is 32.2. The van der Waals surface area contributed by atoms with Crippen LogP contribution in [0.4, 0.5) is 5.69 Å². The Balaban J connectivity index is 1.85. The number of thioether (sulfide) groups is 1. The molecule has 0 bridgehead atoms. The fourth-order valence-corrected chi connectivity index (χ4v) is 3.33. The van der Waals surface area contributed by atoms with Crippen molar-refractivity contribution in [3.63, 3.8) is 0 Å². The first-order valence-corrected chi connectivity index (χ1v) is 8.40. The van der Waals surface area contributed by atoms with Gasteiger partial charge < -0.3 is 5.84 Å². The highest BCUT2D eigenvalue weighted by Gasteiger charge is 2.19. The first-order chi connectivity index (χ1) is 11.9. The number of hydrogen-bond acceptors (Lipinski definition) is 7. The number of nitrogens with two attached hydrogens (primary N) is 1. The molecule has 10 heteroatoms. The van der Waals surface area contributed by atoms with E-state index in [0.717, 1.165) is 17.0 Å². The van der Waals surface area contributed by atoms with Gasteiger partial charge in [0.2, 0.25) is 5.16 Å². The molecular weight excluding hydrogens is 342 g/mol. The summed E-state index contributed by atoms with van der Waals surface area (Å²) in [7, 11) is 0. The third-order valence-corrected chi connectivity index (χ3v) is 4.79. The fraction of sp³-hybridized carbons (Fsp3) is 0.267. The van der Waals surface area contributed by atoms with Crippen LogP contribution in [0.1, 0.15) is 29.1 Å². The second-order valence-corrected chi connectivity index (χ2v) is 6.91. The maximum Gasteiger partial charge on any atom is 0.271 e. The summed E-state index contributed by atoms with van der Waals surface area (Å²) in [6, 6.07) is 8.44. The molecule has 130 valence electrons. The minimum absolute atomic E-state index is 0.0579. The zero-order chi connectivity index (χ0) is 18.1. The summed E-state index contributed by atoms with van der Waals surface area (Å²) in [5, 5.41) is 23.9. The van der Waals surface area contributed by atoms with E-state index in [0.29, 0.717) is 11.1 Å². The highest BCUT2D eigenvalue weighted by molar-refractivity contribution is 7.99. The van der Waals surface area contributed by atoms with Gasteiger partial charge in [0, 0.05) is 23.1 Å². The number of hydrogen-bond donors (Lipinski definition) is 1. The molecule has 3 aromatic rings. The predicted octanol–water partition coefficient (Wildman–Crippen LogP) is 2.56. The molecule has 9 nitrogen and oxygen atoms in total. The lowest BCUT2D eigenvalue weighted by Crippen LogP contribution is -2.17. The van der Waals surface area contributed by atoms with Crippen LogP contribution in [-0.4, -0.2) is 29.6 Å². The number of aryl methyl sites for hydroxylation is 2. The van der Waals surface area contributed by atoms with E-state index in [1.807, 2.05) is 32.9 Å². The highest BCUT2D eigenvalue weighted by Crippen LogP contribution is 2.34. The van der Waals surface area contributed by atoms with Crippen molar-refractivity contribution in [2.24, 2.45) is 0 Å². The Morgan fingerprint density at radius 2 is 2.04 bits per heavy atom. The Hall–Kier alpha value is -2.88. The maximum absolute atomic E-state index is 10.9. The molecule has 2 heterocycles. The zero-order valence-corrected chi connectivity index (χ0v) is 14.8. The molecule has 0 aliphatic carbocycles. The molecule has 0 saturated heterocycles. The van der Waals surface area contributed by atoms with Gasteiger partial charge in [0.1, 0.15) is 0 Å². The minimum atomic E-state index is -0.409. The minimum Gasteiger partial charge on any atom is -0.334 e. The van der Waals surface area contributed by atoms with Crippen molar-refractivity contribution < 1.29 is 4.92 Å².